The first-order valence-corrected chi connectivity index (χ1v) is 17.7. The van der Waals surface area contributed by atoms with Gasteiger partial charge < -0.3 is 45.9 Å². The van der Waals surface area contributed by atoms with Gasteiger partial charge in [-0.2, -0.15) is 15.0 Å². The number of nitrogens with one attached hydrogen (secondary N) is 5. The van der Waals surface area contributed by atoms with Gasteiger partial charge in [0.05, 0.1) is 39.1 Å². The molecule has 1 aromatic heterocycles. The number of ether oxygens (including phenoxy) is 3. The highest BCUT2D eigenvalue weighted by Gasteiger charge is 2.11. The highest BCUT2D eigenvalue weighted by molar-refractivity contribution is 5.95. The maximum atomic E-state index is 12.8. The molecule has 0 spiro atoms. The summed E-state index contributed by atoms with van der Waals surface area (Å²) >= 11 is 0. The second-order valence-corrected chi connectivity index (χ2v) is 11.3. The summed E-state index contributed by atoms with van der Waals surface area (Å²) in [6, 6.07) is 29.1. The molecular formula is C40H46N8O7. The summed E-state index contributed by atoms with van der Waals surface area (Å²) in [7, 11) is 1.32. The average molecular weight is 751 g/mol. The van der Waals surface area contributed by atoms with Crippen molar-refractivity contribution in [2.75, 3.05) is 62.6 Å². The Bertz CT molecular complexity index is 1930. The first-order valence-electron chi connectivity index (χ1n) is 17.7. The van der Waals surface area contributed by atoms with E-state index in [-0.39, 0.29) is 42.0 Å². The lowest BCUT2D eigenvalue weighted by molar-refractivity contribution is 0.0519. The Hall–Kier alpha value is -6.58. The highest BCUT2D eigenvalue weighted by Crippen LogP contribution is 2.21. The third-order valence-corrected chi connectivity index (χ3v) is 7.46. The van der Waals surface area contributed by atoms with Crippen LogP contribution in [-0.2, 0) is 20.8 Å². The summed E-state index contributed by atoms with van der Waals surface area (Å²) in [6.07, 6.45) is 0. The third-order valence-electron chi connectivity index (χ3n) is 7.46. The minimum absolute atomic E-state index is 0.127. The lowest BCUT2D eigenvalue weighted by Crippen LogP contribution is -2.27. The number of phenolic OH excluding ortho intramolecular Hbond substituents is 1. The molecule has 2 amide bonds. The van der Waals surface area contributed by atoms with E-state index in [0.29, 0.717) is 67.6 Å². The molecule has 55 heavy (non-hydrogen) atoms. The molecule has 15 heteroatoms. The number of methoxy groups -OCH3 is 1. The number of nitrogens with zero attached hydrogens (tertiary/aromatic N) is 3. The fraction of sp³-hybridized carbons (Fsp3) is 0.250. The van der Waals surface area contributed by atoms with Gasteiger partial charge in [-0.25, -0.2) is 4.79 Å². The fourth-order valence-electron chi connectivity index (χ4n) is 4.72. The molecule has 5 rings (SSSR count). The first kappa shape index (κ1) is 41.2. The topological polar surface area (TPSA) is 198 Å². The molecular weight excluding hydrogens is 704 g/mol. The van der Waals surface area contributed by atoms with E-state index in [1.165, 1.54) is 7.11 Å². The number of rotatable bonds is 19. The van der Waals surface area contributed by atoms with Crippen molar-refractivity contribution in [1.29, 1.82) is 0 Å². The molecule has 6 N–H and O–H groups in total. The Labute approximate surface area is 319 Å². The van der Waals surface area contributed by atoms with Crippen molar-refractivity contribution in [2.45, 2.75) is 20.4 Å². The zero-order chi connectivity index (χ0) is 39.3. The largest absolute Gasteiger partial charge is 0.508 e. The number of anilines is 5. The Morgan fingerprint density at radius 3 is 1.69 bits per heavy atom. The molecule has 0 radical (unpaired) electrons. The molecule has 0 fully saturated rings. The lowest BCUT2D eigenvalue weighted by Gasteiger charge is -2.12. The second-order valence-electron chi connectivity index (χ2n) is 11.3. The smallest absolute Gasteiger partial charge is 0.337 e. The van der Waals surface area contributed by atoms with Gasteiger partial charge in [0.2, 0.25) is 17.8 Å². The maximum absolute atomic E-state index is 12.8. The zero-order valence-electron chi connectivity index (χ0n) is 31.0. The summed E-state index contributed by atoms with van der Waals surface area (Å²) in [6.45, 7) is 6.52. The van der Waals surface area contributed by atoms with Crippen LogP contribution >= 0.6 is 0 Å². The normalized spacial score (nSPS) is 10.3. The summed E-state index contributed by atoms with van der Waals surface area (Å²) in [5.41, 5.74) is 3.61. The quantitative estimate of drug-likeness (QED) is 0.0343. The van der Waals surface area contributed by atoms with E-state index >= 15 is 0 Å². The van der Waals surface area contributed by atoms with Crippen LogP contribution in [0, 0.1) is 0 Å². The van der Waals surface area contributed by atoms with Gasteiger partial charge in [-0.05, 0) is 78.4 Å². The van der Waals surface area contributed by atoms with E-state index in [4.69, 9.17) is 14.2 Å². The number of benzene rings is 4. The van der Waals surface area contributed by atoms with E-state index < -0.39 is 5.97 Å². The molecule has 0 atom stereocenters. The summed E-state index contributed by atoms with van der Waals surface area (Å²) in [5.74, 6) is 0.0716. The van der Waals surface area contributed by atoms with Gasteiger partial charge in [-0.3, -0.25) is 9.59 Å². The van der Waals surface area contributed by atoms with Crippen molar-refractivity contribution < 1.29 is 33.7 Å². The number of esters is 1. The van der Waals surface area contributed by atoms with E-state index in [1.54, 1.807) is 84.9 Å². The van der Waals surface area contributed by atoms with E-state index in [2.05, 4.69) is 41.5 Å². The van der Waals surface area contributed by atoms with E-state index in [1.807, 2.05) is 32.0 Å². The number of amides is 2. The monoisotopic (exact) mass is 750 g/mol. The van der Waals surface area contributed by atoms with Gasteiger partial charge in [0.1, 0.15) is 5.75 Å². The van der Waals surface area contributed by atoms with Crippen LogP contribution in [0.3, 0.4) is 0 Å². The molecule has 0 unspecified atom stereocenters. The molecule has 0 aliphatic heterocycles. The molecule has 1 heterocycles. The molecule has 5 aromatic rings. The van der Waals surface area contributed by atoms with Crippen molar-refractivity contribution >= 4 is 47.0 Å². The summed E-state index contributed by atoms with van der Waals surface area (Å²) in [5, 5.41) is 24.7. The first-order chi connectivity index (χ1) is 26.9. The Morgan fingerprint density at radius 2 is 1.09 bits per heavy atom. The molecule has 15 nitrogen and oxygen atoms in total. The maximum Gasteiger partial charge on any atom is 0.337 e. The van der Waals surface area contributed by atoms with Crippen LogP contribution in [0.5, 0.6) is 5.75 Å². The number of phenols is 1. The Morgan fingerprint density at radius 1 is 0.582 bits per heavy atom. The van der Waals surface area contributed by atoms with Gasteiger partial charge in [-0.15, -0.1) is 0 Å². The molecule has 4 aromatic carbocycles. The molecule has 0 bridgehead atoms. The Kier molecular flexibility index (Phi) is 16.8. The Balaban J connectivity index is 0.00000331. The minimum Gasteiger partial charge on any atom is -0.508 e. The molecule has 0 saturated heterocycles. The van der Waals surface area contributed by atoms with E-state index in [0.717, 1.165) is 5.56 Å². The SMILES string of the molecule is CC.COC(=O)c1ccc(CNC(=O)c2ccc(Nc3nc(NCCOCCOCCNC(=O)c4ccccc4)nc(Nc4ccc(O)cc4)n3)cc2)cc1. The number of aromatic nitrogens is 3. The van der Waals surface area contributed by atoms with Crippen molar-refractivity contribution in [3.8, 4) is 5.75 Å². The van der Waals surface area contributed by atoms with Crippen LogP contribution in [0.25, 0.3) is 0 Å². The number of hydrogen-bond acceptors (Lipinski definition) is 13. The second kappa shape index (κ2) is 22.5. The van der Waals surface area contributed by atoms with Crippen LogP contribution in [0.4, 0.5) is 29.2 Å². The summed E-state index contributed by atoms with van der Waals surface area (Å²) < 4.78 is 15.9. The predicted octanol–water partition coefficient (Wildman–Crippen LogP) is 5.68. The fourth-order valence-corrected chi connectivity index (χ4v) is 4.72. The number of carbonyl (C=O) groups excluding carboxylic acids is 3. The van der Waals surface area contributed by atoms with Gasteiger partial charge in [-0.1, -0.05) is 44.2 Å². The zero-order valence-corrected chi connectivity index (χ0v) is 31.0. The van der Waals surface area contributed by atoms with Crippen LogP contribution in [-0.4, -0.2) is 84.5 Å². The van der Waals surface area contributed by atoms with Crippen LogP contribution in [0.15, 0.2) is 103 Å². The van der Waals surface area contributed by atoms with Crippen molar-refractivity contribution in [1.82, 2.24) is 25.6 Å². The molecule has 288 valence electrons. The van der Waals surface area contributed by atoms with Crippen molar-refractivity contribution in [3.63, 3.8) is 0 Å². The molecule has 0 aliphatic carbocycles. The number of aromatic hydroxyl groups is 1. The number of carbonyl (C=O) groups is 3. The highest BCUT2D eigenvalue weighted by atomic mass is 16.5. The standard InChI is InChI=1S/C38H40N8O7.C2H6/c1-51-35(50)29-9-7-26(8-10-29)25-41-34(49)28-11-13-30(14-12-28)42-37-44-36(45-38(46-37)43-31-15-17-32(47)18-16-31)40-20-22-53-24-23-52-21-19-39-33(48)27-5-3-2-4-6-27;1-2/h2-18,47H,19-25H2,1H3,(H,39,48)(H,41,49)(H3,40,42,43,44,45,46);1-2H3. The third kappa shape index (κ3) is 14.1. The molecule has 0 saturated carbocycles. The lowest BCUT2D eigenvalue weighted by atomic mass is 10.1. The van der Waals surface area contributed by atoms with E-state index in [9.17, 15) is 19.5 Å². The van der Waals surface area contributed by atoms with Crippen LogP contribution in [0.2, 0.25) is 0 Å². The predicted molar refractivity (Wildman–Crippen MR) is 210 cm³/mol. The van der Waals surface area contributed by atoms with Crippen molar-refractivity contribution in [3.05, 3.63) is 125 Å². The van der Waals surface area contributed by atoms with Gasteiger partial charge in [0, 0.05) is 42.1 Å². The van der Waals surface area contributed by atoms with Gasteiger partial charge >= 0.3 is 5.97 Å². The van der Waals surface area contributed by atoms with Gasteiger partial charge in [0.25, 0.3) is 11.8 Å². The van der Waals surface area contributed by atoms with Crippen LogP contribution in [0.1, 0.15) is 50.5 Å². The minimum atomic E-state index is -0.424. The number of hydrogen-bond donors (Lipinski definition) is 6. The average Bonchev–Trinajstić information content (AvgIpc) is 3.22. The van der Waals surface area contributed by atoms with Gasteiger partial charge in [0.15, 0.2) is 0 Å². The van der Waals surface area contributed by atoms with Crippen LogP contribution < -0.4 is 26.6 Å². The summed E-state index contributed by atoms with van der Waals surface area (Å²) in [4.78, 5) is 49.9. The molecule has 0 aliphatic rings. The van der Waals surface area contributed by atoms with Crippen molar-refractivity contribution in [2.24, 2.45) is 0 Å².